The SMILES string of the molecule is CCCCc1nc2ccc(CNC(=O)CN3CCN(CC(=O)O)CCN(CC(=O)O)CCN(CC(=O)O)CC3)cc2c2ccccc12. The average molecular weight is 651 g/mol. The molecule has 0 unspecified atom stereocenters. The molecule has 47 heavy (non-hydrogen) atoms. The molecule has 2 aromatic carbocycles. The van der Waals surface area contributed by atoms with Crippen LogP contribution in [0.15, 0.2) is 42.5 Å². The van der Waals surface area contributed by atoms with Crippen molar-refractivity contribution >= 4 is 45.5 Å². The molecule has 4 rings (SSSR count). The molecule has 3 aromatic rings. The summed E-state index contributed by atoms with van der Waals surface area (Å²) < 4.78 is 0. The Kier molecular flexibility index (Phi) is 13.4. The number of aryl methyl sites for hydroxylation is 1. The van der Waals surface area contributed by atoms with E-state index >= 15 is 0 Å². The molecule has 254 valence electrons. The summed E-state index contributed by atoms with van der Waals surface area (Å²) in [5, 5.41) is 34.6. The molecule has 1 aromatic heterocycles. The van der Waals surface area contributed by atoms with Gasteiger partial charge in [0.25, 0.3) is 0 Å². The third-order valence-electron chi connectivity index (χ3n) is 8.47. The van der Waals surface area contributed by atoms with Crippen molar-refractivity contribution in [2.45, 2.75) is 32.7 Å². The second-order valence-electron chi connectivity index (χ2n) is 12.1. The fourth-order valence-electron chi connectivity index (χ4n) is 5.96. The van der Waals surface area contributed by atoms with Gasteiger partial charge in [-0.05, 0) is 35.9 Å². The molecule has 0 spiro atoms. The monoisotopic (exact) mass is 650 g/mol. The molecular weight excluding hydrogens is 604 g/mol. The fraction of sp³-hybridized carbons (Fsp3) is 0.500. The number of pyridine rings is 1. The van der Waals surface area contributed by atoms with Gasteiger partial charge in [0.2, 0.25) is 5.91 Å². The van der Waals surface area contributed by atoms with Crippen LogP contribution in [0.5, 0.6) is 0 Å². The number of carbonyl (C=O) groups excluding carboxylic acids is 1. The zero-order chi connectivity index (χ0) is 33.8. The number of carboxylic acids is 3. The van der Waals surface area contributed by atoms with Crippen molar-refractivity contribution in [3.05, 3.63) is 53.7 Å². The van der Waals surface area contributed by atoms with Gasteiger partial charge in [-0.15, -0.1) is 0 Å². The number of fused-ring (bicyclic) bond motifs is 3. The van der Waals surface area contributed by atoms with Gasteiger partial charge in [0.05, 0.1) is 31.7 Å². The lowest BCUT2D eigenvalue weighted by Crippen LogP contribution is -2.49. The van der Waals surface area contributed by atoms with Gasteiger partial charge in [0.1, 0.15) is 0 Å². The van der Waals surface area contributed by atoms with Gasteiger partial charge < -0.3 is 20.6 Å². The Balaban J connectivity index is 1.44. The Morgan fingerprint density at radius 1 is 0.681 bits per heavy atom. The lowest BCUT2D eigenvalue weighted by atomic mass is 10.00. The van der Waals surface area contributed by atoms with Crippen molar-refractivity contribution in [2.24, 2.45) is 0 Å². The lowest BCUT2D eigenvalue weighted by Gasteiger charge is -2.32. The van der Waals surface area contributed by atoms with Gasteiger partial charge in [0.15, 0.2) is 0 Å². The number of aromatic nitrogens is 1. The summed E-state index contributed by atoms with van der Waals surface area (Å²) in [6.45, 7) is 4.66. The van der Waals surface area contributed by atoms with Gasteiger partial charge in [-0.3, -0.25) is 43.8 Å². The highest BCUT2D eigenvalue weighted by atomic mass is 16.4. The van der Waals surface area contributed by atoms with Gasteiger partial charge in [-0.1, -0.05) is 43.7 Å². The van der Waals surface area contributed by atoms with Gasteiger partial charge >= 0.3 is 17.9 Å². The van der Waals surface area contributed by atoms with Crippen molar-refractivity contribution in [3.63, 3.8) is 0 Å². The maximum atomic E-state index is 13.2. The molecule has 0 atom stereocenters. The van der Waals surface area contributed by atoms with E-state index in [0.717, 1.165) is 52.2 Å². The van der Waals surface area contributed by atoms with Crippen molar-refractivity contribution in [2.75, 3.05) is 78.5 Å². The van der Waals surface area contributed by atoms with Crippen molar-refractivity contribution < 1.29 is 34.5 Å². The number of rotatable bonds is 13. The molecule has 0 radical (unpaired) electrons. The molecule has 13 heteroatoms. The predicted octanol–water partition coefficient (Wildman–Crippen LogP) is 1.82. The number of nitrogens with one attached hydrogen (secondary N) is 1. The van der Waals surface area contributed by atoms with Crippen LogP contribution >= 0.6 is 0 Å². The van der Waals surface area contributed by atoms with Crippen LogP contribution in [0.25, 0.3) is 21.7 Å². The van der Waals surface area contributed by atoms with E-state index in [-0.39, 0.29) is 32.1 Å². The normalized spacial score (nSPS) is 16.4. The largest absolute Gasteiger partial charge is 0.480 e. The van der Waals surface area contributed by atoms with Crippen LogP contribution in [0, 0.1) is 0 Å². The van der Waals surface area contributed by atoms with Crippen LogP contribution in [-0.4, -0.2) is 142 Å². The van der Waals surface area contributed by atoms with Gasteiger partial charge in [0, 0.05) is 75.4 Å². The minimum Gasteiger partial charge on any atom is -0.480 e. The number of amides is 1. The molecule has 0 aliphatic carbocycles. The van der Waals surface area contributed by atoms with E-state index in [9.17, 15) is 34.5 Å². The average Bonchev–Trinajstić information content (AvgIpc) is 3.03. The first-order valence-corrected chi connectivity index (χ1v) is 16.2. The Morgan fingerprint density at radius 3 is 1.66 bits per heavy atom. The predicted molar refractivity (Wildman–Crippen MR) is 178 cm³/mol. The van der Waals surface area contributed by atoms with E-state index in [2.05, 4.69) is 30.4 Å². The van der Waals surface area contributed by atoms with E-state index in [4.69, 9.17) is 4.98 Å². The number of hydrogen-bond acceptors (Lipinski definition) is 9. The standard InChI is InChI=1S/C34H46N6O7/c1-2-3-8-29-27-7-5-4-6-26(27)28-19-25(9-10-30(28)36-29)20-35-31(41)21-37-11-13-38(22-32(42)43)15-17-40(24-34(46)47)18-16-39(14-12-37)23-33(44)45/h4-7,9-10,19H,2-3,8,11-18,20-24H2,1H3,(H,35,41)(H,42,43)(H,44,45)(H,46,47). The molecule has 13 nitrogen and oxygen atoms in total. The first-order valence-electron chi connectivity index (χ1n) is 16.2. The van der Waals surface area contributed by atoms with E-state index in [1.165, 1.54) is 0 Å². The Labute approximate surface area is 274 Å². The van der Waals surface area contributed by atoms with E-state index < -0.39 is 17.9 Å². The summed E-state index contributed by atoms with van der Waals surface area (Å²) in [5.74, 6) is -3.19. The van der Waals surface area contributed by atoms with Crippen molar-refractivity contribution in [1.82, 2.24) is 29.9 Å². The van der Waals surface area contributed by atoms with Gasteiger partial charge in [-0.2, -0.15) is 0 Å². The highest BCUT2D eigenvalue weighted by molar-refractivity contribution is 6.06. The Bertz CT molecular complexity index is 1520. The highest BCUT2D eigenvalue weighted by Crippen LogP contribution is 2.28. The second kappa shape index (κ2) is 17.7. The number of hydrogen-bond donors (Lipinski definition) is 4. The van der Waals surface area contributed by atoms with E-state index in [1.54, 1.807) is 14.7 Å². The van der Waals surface area contributed by atoms with E-state index in [0.29, 0.717) is 58.9 Å². The van der Waals surface area contributed by atoms with Crippen LogP contribution in [0.3, 0.4) is 0 Å². The Morgan fingerprint density at radius 2 is 1.17 bits per heavy atom. The first-order chi connectivity index (χ1) is 22.6. The number of nitrogens with zero attached hydrogens (tertiary/aromatic N) is 5. The quantitative estimate of drug-likeness (QED) is 0.199. The van der Waals surface area contributed by atoms with Crippen LogP contribution in [-0.2, 0) is 32.1 Å². The first kappa shape index (κ1) is 35.7. The topological polar surface area (TPSA) is 167 Å². The maximum Gasteiger partial charge on any atom is 0.317 e. The number of aliphatic carboxylic acids is 3. The molecule has 0 saturated carbocycles. The number of carbonyl (C=O) groups is 4. The Hall–Kier alpha value is -4.17. The number of carboxylic acid groups (broad SMARTS) is 3. The van der Waals surface area contributed by atoms with E-state index in [1.807, 2.05) is 29.2 Å². The molecule has 4 N–H and O–H groups in total. The maximum absolute atomic E-state index is 13.2. The van der Waals surface area contributed by atoms with Crippen molar-refractivity contribution in [3.8, 4) is 0 Å². The van der Waals surface area contributed by atoms with Crippen LogP contribution < -0.4 is 5.32 Å². The van der Waals surface area contributed by atoms with Crippen LogP contribution in [0.4, 0.5) is 0 Å². The molecule has 0 bridgehead atoms. The van der Waals surface area contributed by atoms with Gasteiger partial charge in [-0.25, -0.2) is 0 Å². The highest BCUT2D eigenvalue weighted by Gasteiger charge is 2.21. The molecule has 1 fully saturated rings. The summed E-state index contributed by atoms with van der Waals surface area (Å²) in [5.41, 5.74) is 2.97. The fourth-order valence-corrected chi connectivity index (χ4v) is 5.96. The zero-order valence-electron chi connectivity index (χ0n) is 27.1. The zero-order valence-corrected chi connectivity index (χ0v) is 27.1. The van der Waals surface area contributed by atoms with Crippen LogP contribution in [0.1, 0.15) is 31.0 Å². The molecule has 1 aliphatic heterocycles. The second-order valence-corrected chi connectivity index (χ2v) is 12.1. The summed E-state index contributed by atoms with van der Waals surface area (Å²) in [7, 11) is 0. The third-order valence-corrected chi connectivity index (χ3v) is 8.47. The summed E-state index contributed by atoms with van der Waals surface area (Å²) in [4.78, 5) is 59.7. The van der Waals surface area contributed by atoms with Crippen LogP contribution in [0.2, 0.25) is 0 Å². The molecule has 2 heterocycles. The summed E-state index contributed by atoms with van der Waals surface area (Å²) in [6.07, 6.45) is 3.09. The van der Waals surface area contributed by atoms with Crippen molar-refractivity contribution in [1.29, 1.82) is 0 Å². The minimum absolute atomic E-state index is 0.0613. The third kappa shape index (κ3) is 11.2. The number of unbranched alkanes of at least 4 members (excludes halogenated alkanes) is 1. The molecule has 1 saturated heterocycles. The summed E-state index contributed by atoms with van der Waals surface area (Å²) >= 11 is 0. The minimum atomic E-state index is -1.01. The molecule has 1 amide bonds. The molecular formula is C34H46N6O7. The number of benzene rings is 2. The smallest absolute Gasteiger partial charge is 0.317 e. The lowest BCUT2D eigenvalue weighted by molar-refractivity contribution is -0.140. The molecule has 1 aliphatic rings. The summed E-state index contributed by atoms with van der Waals surface area (Å²) in [6, 6.07) is 14.3.